The summed E-state index contributed by atoms with van der Waals surface area (Å²) in [5.41, 5.74) is -0.544. The number of methoxy groups -OCH3 is 1. The van der Waals surface area contributed by atoms with E-state index in [0.29, 0.717) is 5.56 Å². The van der Waals surface area contributed by atoms with Gasteiger partial charge in [0.2, 0.25) is 0 Å². The van der Waals surface area contributed by atoms with Crippen molar-refractivity contribution in [2.45, 2.75) is 12.5 Å². The van der Waals surface area contributed by atoms with Crippen LogP contribution in [0.2, 0.25) is 0 Å². The van der Waals surface area contributed by atoms with E-state index in [9.17, 15) is 9.18 Å². The van der Waals surface area contributed by atoms with Crippen LogP contribution in [0.3, 0.4) is 0 Å². The van der Waals surface area contributed by atoms with Crippen LogP contribution in [0.15, 0.2) is 18.2 Å². The molecule has 1 fully saturated rings. The van der Waals surface area contributed by atoms with Gasteiger partial charge >= 0.3 is 0 Å². The van der Waals surface area contributed by atoms with Gasteiger partial charge in [0.1, 0.15) is 5.54 Å². The van der Waals surface area contributed by atoms with Crippen LogP contribution in [0.25, 0.3) is 0 Å². The van der Waals surface area contributed by atoms with Crippen molar-refractivity contribution in [3.8, 4) is 5.75 Å². The number of rotatable bonds is 2. The molecule has 1 atom stereocenters. The van der Waals surface area contributed by atoms with Crippen LogP contribution in [0.1, 0.15) is 12.5 Å². The SMILES string of the molecule is COc1ccc(C2(C)NC(=S)NC2=O)cc1F. The minimum absolute atomic E-state index is 0.137. The Morgan fingerprint density at radius 1 is 1.47 bits per heavy atom. The van der Waals surface area contributed by atoms with Gasteiger partial charge in [-0.25, -0.2) is 4.39 Å². The Labute approximate surface area is 103 Å². The van der Waals surface area contributed by atoms with Gasteiger partial charge in [-0.1, -0.05) is 6.07 Å². The maximum Gasteiger partial charge on any atom is 0.256 e. The van der Waals surface area contributed by atoms with E-state index in [1.165, 1.54) is 19.2 Å². The van der Waals surface area contributed by atoms with E-state index in [2.05, 4.69) is 10.6 Å². The molecular weight excluding hydrogens is 243 g/mol. The van der Waals surface area contributed by atoms with Crippen molar-refractivity contribution in [2.24, 2.45) is 0 Å². The second kappa shape index (κ2) is 3.96. The van der Waals surface area contributed by atoms with Crippen LogP contribution in [0.4, 0.5) is 4.39 Å². The largest absolute Gasteiger partial charge is 0.494 e. The van der Waals surface area contributed by atoms with E-state index < -0.39 is 11.4 Å². The average Bonchev–Trinajstić information content (AvgIpc) is 2.53. The standard InChI is InChI=1S/C11H11FN2O2S/c1-11(9(15)13-10(17)14-11)6-3-4-8(16-2)7(12)5-6/h3-5H,1-2H3,(H2,13,14,15,17). The fraction of sp³-hybridized carbons (Fsp3) is 0.273. The first-order chi connectivity index (χ1) is 7.97. The highest BCUT2D eigenvalue weighted by molar-refractivity contribution is 7.80. The van der Waals surface area contributed by atoms with Crippen LogP contribution >= 0.6 is 12.2 Å². The molecule has 0 aliphatic carbocycles. The molecule has 2 rings (SSSR count). The lowest BCUT2D eigenvalue weighted by Gasteiger charge is -2.22. The predicted molar refractivity (Wildman–Crippen MR) is 64.2 cm³/mol. The van der Waals surface area contributed by atoms with Crippen molar-refractivity contribution in [3.05, 3.63) is 29.6 Å². The second-order valence-corrected chi connectivity index (χ2v) is 4.29. The summed E-state index contributed by atoms with van der Waals surface area (Å²) in [6, 6.07) is 4.37. The number of hydrogen-bond donors (Lipinski definition) is 2. The summed E-state index contributed by atoms with van der Waals surface area (Å²) in [5.74, 6) is -0.677. The Hall–Kier alpha value is -1.69. The van der Waals surface area contributed by atoms with E-state index in [1.807, 2.05) is 0 Å². The van der Waals surface area contributed by atoms with Gasteiger partial charge < -0.3 is 15.4 Å². The number of halogens is 1. The summed E-state index contributed by atoms with van der Waals surface area (Å²) >= 11 is 4.86. The zero-order valence-corrected chi connectivity index (χ0v) is 10.2. The number of amides is 1. The highest BCUT2D eigenvalue weighted by Crippen LogP contribution is 2.28. The van der Waals surface area contributed by atoms with Crippen molar-refractivity contribution in [1.82, 2.24) is 10.6 Å². The molecule has 0 saturated carbocycles. The molecule has 1 aliphatic heterocycles. The van der Waals surface area contributed by atoms with Crippen LogP contribution in [0.5, 0.6) is 5.75 Å². The lowest BCUT2D eigenvalue weighted by molar-refractivity contribution is -0.123. The van der Waals surface area contributed by atoms with Crippen LogP contribution in [-0.4, -0.2) is 18.1 Å². The minimum atomic E-state index is -1.04. The van der Waals surface area contributed by atoms with Gasteiger partial charge in [0.05, 0.1) is 7.11 Å². The Kier molecular flexibility index (Phi) is 2.74. The number of carbonyl (C=O) groups is 1. The molecule has 1 aliphatic rings. The van der Waals surface area contributed by atoms with E-state index in [0.717, 1.165) is 0 Å². The fourth-order valence-corrected chi connectivity index (χ4v) is 2.02. The molecule has 90 valence electrons. The summed E-state index contributed by atoms with van der Waals surface area (Å²) in [5, 5.41) is 5.55. The maximum atomic E-state index is 13.6. The molecule has 2 N–H and O–H groups in total. The zero-order valence-electron chi connectivity index (χ0n) is 9.33. The second-order valence-electron chi connectivity index (χ2n) is 3.88. The third-order valence-corrected chi connectivity index (χ3v) is 2.98. The van der Waals surface area contributed by atoms with Gasteiger partial charge in [-0.15, -0.1) is 0 Å². The fourth-order valence-electron chi connectivity index (χ4n) is 1.72. The Morgan fingerprint density at radius 3 is 2.65 bits per heavy atom. The highest BCUT2D eigenvalue weighted by Gasteiger charge is 2.42. The number of thiocarbonyl (C=S) groups is 1. The van der Waals surface area contributed by atoms with Crippen molar-refractivity contribution in [2.75, 3.05) is 7.11 Å². The first kappa shape index (κ1) is 11.8. The quantitative estimate of drug-likeness (QED) is 0.775. The van der Waals surface area contributed by atoms with Crippen LogP contribution in [0, 0.1) is 5.82 Å². The van der Waals surface area contributed by atoms with Crippen molar-refractivity contribution < 1.29 is 13.9 Å². The minimum Gasteiger partial charge on any atom is -0.494 e. The van der Waals surface area contributed by atoms with E-state index >= 15 is 0 Å². The molecule has 0 aromatic heterocycles. The number of benzene rings is 1. The van der Waals surface area contributed by atoms with Gasteiger partial charge in [-0.05, 0) is 36.8 Å². The Balaban J connectivity index is 2.44. The molecule has 4 nitrogen and oxygen atoms in total. The number of hydrogen-bond acceptors (Lipinski definition) is 3. The molecule has 1 unspecified atom stereocenters. The maximum absolute atomic E-state index is 13.6. The Morgan fingerprint density at radius 2 is 2.18 bits per heavy atom. The molecular formula is C11H11FN2O2S. The van der Waals surface area contributed by atoms with Crippen molar-refractivity contribution in [3.63, 3.8) is 0 Å². The number of ether oxygens (including phenoxy) is 1. The first-order valence-electron chi connectivity index (χ1n) is 4.95. The smallest absolute Gasteiger partial charge is 0.256 e. The molecule has 0 radical (unpaired) electrons. The van der Waals surface area contributed by atoms with Gasteiger partial charge in [-0.2, -0.15) is 0 Å². The van der Waals surface area contributed by atoms with Gasteiger partial charge in [0.25, 0.3) is 5.91 Å². The third-order valence-electron chi connectivity index (χ3n) is 2.77. The molecule has 6 heteroatoms. The molecule has 1 amide bonds. The molecule has 17 heavy (non-hydrogen) atoms. The van der Waals surface area contributed by atoms with Gasteiger partial charge in [0.15, 0.2) is 16.7 Å². The van der Waals surface area contributed by atoms with Gasteiger partial charge in [-0.3, -0.25) is 4.79 Å². The monoisotopic (exact) mass is 254 g/mol. The number of carbonyl (C=O) groups excluding carboxylic acids is 1. The van der Waals surface area contributed by atoms with E-state index in [1.54, 1.807) is 13.0 Å². The topological polar surface area (TPSA) is 50.4 Å². The van der Waals surface area contributed by atoms with Crippen molar-refractivity contribution in [1.29, 1.82) is 0 Å². The summed E-state index contributed by atoms with van der Waals surface area (Å²) in [7, 11) is 1.38. The van der Waals surface area contributed by atoms with Gasteiger partial charge in [0, 0.05) is 0 Å². The lowest BCUT2D eigenvalue weighted by atomic mass is 9.92. The molecule has 1 saturated heterocycles. The predicted octanol–water partition coefficient (Wildman–Crippen LogP) is 1.05. The first-order valence-corrected chi connectivity index (χ1v) is 5.36. The summed E-state index contributed by atoms with van der Waals surface area (Å²) < 4.78 is 18.4. The Bertz CT molecular complexity index is 506. The summed E-state index contributed by atoms with van der Waals surface area (Å²) in [6.45, 7) is 1.64. The molecule has 0 spiro atoms. The van der Waals surface area contributed by atoms with Crippen molar-refractivity contribution >= 4 is 23.2 Å². The average molecular weight is 254 g/mol. The molecule has 1 aromatic rings. The van der Waals surface area contributed by atoms with Crippen LogP contribution < -0.4 is 15.4 Å². The summed E-state index contributed by atoms with van der Waals surface area (Å²) in [6.07, 6.45) is 0. The molecule has 1 heterocycles. The molecule has 0 bridgehead atoms. The zero-order chi connectivity index (χ0) is 12.6. The third kappa shape index (κ3) is 1.84. The lowest BCUT2D eigenvalue weighted by Crippen LogP contribution is -2.40. The number of nitrogens with one attached hydrogen (secondary N) is 2. The van der Waals surface area contributed by atoms with Crippen LogP contribution in [-0.2, 0) is 10.3 Å². The summed E-state index contributed by atoms with van der Waals surface area (Å²) in [4.78, 5) is 11.8. The normalized spacial score (nSPS) is 23.2. The molecule has 1 aromatic carbocycles. The highest BCUT2D eigenvalue weighted by atomic mass is 32.1. The van der Waals surface area contributed by atoms with E-state index in [-0.39, 0.29) is 16.8 Å². The van der Waals surface area contributed by atoms with E-state index in [4.69, 9.17) is 17.0 Å².